The van der Waals surface area contributed by atoms with E-state index in [-0.39, 0.29) is 30.1 Å². The third-order valence-corrected chi connectivity index (χ3v) is 3.96. The van der Waals surface area contributed by atoms with E-state index in [0.717, 1.165) is 19.3 Å². The molecule has 1 aromatic carbocycles. The van der Waals surface area contributed by atoms with E-state index in [1.165, 1.54) is 4.90 Å². The van der Waals surface area contributed by atoms with Crippen LogP contribution in [0.15, 0.2) is 24.3 Å². The Morgan fingerprint density at radius 1 is 1.00 bits per heavy atom. The van der Waals surface area contributed by atoms with Crippen LogP contribution in [0.1, 0.15) is 46.4 Å². The number of hydrogen-bond donors (Lipinski definition) is 0. The number of amides is 2. The molecule has 1 atom stereocenters. The highest BCUT2D eigenvalue weighted by atomic mass is 16.2. The first-order valence-corrected chi connectivity index (χ1v) is 6.66. The minimum atomic E-state index is -0.265. The Morgan fingerprint density at radius 2 is 1.63 bits per heavy atom. The highest BCUT2D eigenvalue weighted by Gasteiger charge is 2.37. The molecule has 1 aromatic rings. The fraction of sp³-hybridized carbons (Fsp3) is 0.400. The van der Waals surface area contributed by atoms with Gasteiger partial charge in [-0.05, 0) is 25.0 Å². The van der Waals surface area contributed by atoms with E-state index >= 15 is 0 Å². The molecular weight excluding hydrogens is 242 g/mol. The molecule has 0 N–H and O–H groups in total. The van der Waals surface area contributed by atoms with Crippen molar-refractivity contribution in [1.29, 1.82) is 0 Å². The van der Waals surface area contributed by atoms with Crippen molar-refractivity contribution in [1.82, 2.24) is 4.90 Å². The molecule has 4 heteroatoms. The molecule has 1 aliphatic carbocycles. The van der Waals surface area contributed by atoms with Crippen molar-refractivity contribution in [3.8, 4) is 0 Å². The number of fused-ring (bicyclic) bond motifs is 1. The number of ketones is 1. The molecule has 0 bridgehead atoms. The molecule has 4 nitrogen and oxygen atoms in total. The van der Waals surface area contributed by atoms with E-state index < -0.39 is 0 Å². The largest absolute Gasteiger partial charge is 0.299 e. The Bertz CT molecular complexity index is 529. The van der Waals surface area contributed by atoms with Crippen LogP contribution in [0, 0.1) is 5.92 Å². The number of rotatable bonds is 2. The lowest BCUT2D eigenvalue weighted by Gasteiger charge is -2.24. The van der Waals surface area contributed by atoms with Crippen molar-refractivity contribution in [2.24, 2.45) is 5.92 Å². The fourth-order valence-corrected chi connectivity index (χ4v) is 2.87. The summed E-state index contributed by atoms with van der Waals surface area (Å²) in [5.41, 5.74) is 0.909. The number of carbonyl (C=O) groups excluding carboxylic acids is 3. The average Bonchev–Trinajstić information content (AvgIpc) is 2.67. The topological polar surface area (TPSA) is 54.5 Å². The molecule has 0 aromatic heterocycles. The molecule has 2 amide bonds. The van der Waals surface area contributed by atoms with E-state index in [2.05, 4.69) is 0 Å². The maximum absolute atomic E-state index is 12.2. The Balaban J connectivity index is 1.82. The molecule has 19 heavy (non-hydrogen) atoms. The summed E-state index contributed by atoms with van der Waals surface area (Å²) in [6.07, 6.45) is 3.29. The van der Waals surface area contributed by atoms with Crippen LogP contribution in [-0.2, 0) is 4.79 Å². The molecule has 0 radical (unpaired) electrons. The highest BCUT2D eigenvalue weighted by Crippen LogP contribution is 2.27. The van der Waals surface area contributed by atoms with Gasteiger partial charge in [-0.25, -0.2) is 0 Å². The number of hydrogen-bond acceptors (Lipinski definition) is 3. The molecule has 3 rings (SSSR count). The lowest BCUT2D eigenvalue weighted by Crippen LogP contribution is -2.38. The maximum Gasteiger partial charge on any atom is 0.261 e. The highest BCUT2D eigenvalue weighted by molar-refractivity contribution is 6.21. The summed E-state index contributed by atoms with van der Waals surface area (Å²) in [4.78, 5) is 37.4. The number of Topliss-reactive ketones (excluding diaryl/α,β-unsaturated/α-hetero) is 1. The van der Waals surface area contributed by atoms with E-state index in [1.54, 1.807) is 24.3 Å². The van der Waals surface area contributed by atoms with Gasteiger partial charge in [0.1, 0.15) is 5.78 Å². The van der Waals surface area contributed by atoms with Crippen LogP contribution in [0.4, 0.5) is 0 Å². The van der Waals surface area contributed by atoms with E-state index in [9.17, 15) is 14.4 Å². The van der Waals surface area contributed by atoms with Gasteiger partial charge in [-0.15, -0.1) is 0 Å². The van der Waals surface area contributed by atoms with Crippen molar-refractivity contribution in [2.75, 3.05) is 6.54 Å². The smallest absolute Gasteiger partial charge is 0.261 e. The average molecular weight is 257 g/mol. The third-order valence-electron chi connectivity index (χ3n) is 3.96. The van der Waals surface area contributed by atoms with Crippen molar-refractivity contribution in [3.63, 3.8) is 0 Å². The fourth-order valence-electron chi connectivity index (χ4n) is 2.87. The summed E-state index contributed by atoms with van der Waals surface area (Å²) < 4.78 is 0. The minimum absolute atomic E-state index is 0.170. The number of imide groups is 1. The van der Waals surface area contributed by atoms with E-state index in [4.69, 9.17) is 0 Å². The van der Waals surface area contributed by atoms with Gasteiger partial charge in [0.25, 0.3) is 11.8 Å². The van der Waals surface area contributed by atoms with Gasteiger partial charge in [-0.3, -0.25) is 19.3 Å². The zero-order valence-corrected chi connectivity index (χ0v) is 10.6. The summed E-state index contributed by atoms with van der Waals surface area (Å²) in [7, 11) is 0. The third kappa shape index (κ3) is 1.97. The summed E-state index contributed by atoms with van der Waals surface area (Å²) in [5.74, 6) is -0.517. The van der Waals surface area contributed by atoms with Gasteiger partial charge in [-0.1, -0.05) is 18.6 Å². The monoisotopic (exact) mass is 257 g/mol. The molecule has 0 spiro atoms. The summed E-state index contributed by atoms with van der Waals surface area (Å²) >= 11 is 0. The Morgan fingerprint density at radius 3 is 2.21 bits per heavy atom. The van der Waals surface area contributed by atoms with Gasteiger partial charge in [-0.2, -0.15) is 0 Å². The maximum atomic E-state index is 12.2. The van der Waals surface area contributed by atoms with Gasteiger partial charge < -0.3 is 0 Å². The van der Waals surface area contributed by atoms with Crippen molar-refractivity contribution in [3.05, 3.63) is 35.4 Å². The molecule has 0 saturated heterocycles. The molecule has 1 fully saturated rings. The number of nitrogens with zero attached hydrogens (tertiary/aromatic N) is 1. The van der Waals surface area contributed by atoms with Crippen LogP contribution in [0.5, 0.6) is 0 Å². The molecule has 1 saturated carbocycles. The Kier molecular flexibility index (Phi) is 2.93. The number of benzene rings is 1. The summed E-state index contributed by atoms with van der Waals surface area (Å²) in [6, 6.07) is 6.83. The van der Waals surface area contributed by atoms with Crippen LogP contribution < -0.4 is 0 Å². The second-order valence-corrected chi connectivity index (χ2v) is 5.18. The predicted molar refractivity (Wildman–Crippen MR) is 68.8 cm³/mol. The minimum Gasteiger partial charge on any atom is -0.299 e. The van der Waals surface area contributed by atoms with Gasteiger partial charge in [0.05, 0.1) is 11.1 Å². The Hall–Kier alpha value is -1.97. The lowest BCUT2D eigenvalue weighted by atomic mass is 9.87. The van der Waals surface area contributed by atoms with Crippen molar-refractivity contribution >= 4 is 17.6 Å². The summed E-state index contributed by atoms with van der Waals surface area (Å²) in [6.45, 7) is 0.241. The first kappa shape index (κ1) is 12.1. The first-order valence-electron chi connectivity index (χ1n) is 6.66. The van der Waals surface area contributed by atoms with Crippen LogP contribution >= 0.6 is 0 Å². The van der Waals surface area contributed by atoms with Gasteiger partial charge >= 0.3 is 0 Å². The standard InChI is InChI=1S/C15H15NO3/c17-13-8-4-1-5-10(13)9-16-14(18)11-6-2-3-7-12(11)15(16)19/h2-3,6-7,10H,1,4-5,8-9H2. The molecule has 1 aliphatic heterocycles. The molecule has 98 valence electrons. The summed E-state index contributed by atoms with van der Waals surface area (Å²) in [5, 5.41) is 0. The molecular formula is C15H15NO3. The lowest BCUT2D eigenvalue weighted by molar-refractivity contribution is -0.124. The van der Waals surface area contributed by atoms with E-state index in [0.29, 0.717) is 17.5 Å². The number of carbonyl (C=O) groups is 3. The van der Waals surface area contributed by atoms with Gasteiger partial charge in [0, 0.05) is 18.9 Å². The molecule has 2 aliphatic rings. The zero-order valence-electron chi connectivity index (χ0n) is 10.6. The second kappa shape index (κ2) is 4.61. The van der Waals surface area contributed by atoms with E-state index in [1.807, 2.05) is 0 Å². The van der Waals surface area contributed by atoms with Gasteiger partial charge in [0.2, 0.25) is 0 Å². The zero-order chi connectivity index (χ0) is 13.4. The van der Waals surface area contributed by atoms with Crippen LogP contribution in [0.3, 0.4) is 0 Å². The quantitative estimate of drug-likeness (QED) is 0.762. The second-order valence-electron chi connectivity index (χ2n) is 5.18. The SMILES string of the molecule is O=C1CCCCC1CN1C(=O)c2ccccc2C1=O. The van der Waals surface area contributed by atoms with Crippen molar-refractivity contribution < 1.29 is 14.4 Å². The molecule has 1 unspecified atom stereocenters. The normalized spacial score (nSPS) is 22.8. The Labute approximate surface area is 111 Å². The predicted octanol–water partition coefficient (Wildman–Crippen LogP) is 2.04. The van der Waals surface area contributed by atoms with Crippen LogP contribution in [0.25, 0.3) is 0 Å². The van der Waals surface area contributed by atoms with Crippen LogP contribution in [0.2, 0.25) is 0 Å². The first-order chi connectivity index (χ1) is 9.18. The molecule has 1 heterocycles. The van der Waals surface area contributed by atoms with Gasteiger partial charge in [0.15, 0.2) is 0 Å². The van der Waals surface area contributed by atoms with Crippen LogP contribution in [-0.4, -0.2) is 29.0 Å². The van der Waals surface area contributed by atoms with Crippen molar-refractivity contribution in [2.45, 2.75) is 25.7 Å².